The predicted octanol–water partition coefficient (Wildman–Crippen LogP) is 4.11. The van der Waals surface area contributed by atoms with Gasteiger partial charge in [-0.2, -0.15) is 0 Å². The van der Waals surface area contributed by atoms with E-state index in [4.69, 9.17) is 11.6 Å². The molecule has 2 aromatic carbocycles. The van der Waals surface area contributed by atoms with E-state index in [9.17, 15) is 14.9 Å². The summed E-state index contributed by atoms with van der Waals surface area (Å²) in [5, 5.41) is 13.6. The fourth-order valence-electron chi connectivity index (χ4n) is 1.64. The zero-order valence-corrected chi connectivity index (χ0v) is 12.9. The van der Waals surface area contributed by atoms with Crippen LogP contribution in [0, 0.1) is 13.7 Å². The molecular formula is C13H8ClIN2O3. The summed E-state index contributed by atoms with van der Waals surface area (Å²) in [4.78, 5) is 22.5. The third-order valence-electron chi connectivity index (χ3n) is 2.54. The summed E-state index contributed by atoms with van der Waals surface area (Å²) in [6.07, 6.45) is 0. The minimum Gasteiger partial charge on any atom is -0.321 e. The summed E-state index contributed by atoms with van der Waals surface area (Å²) in [7, 11) is 0. The molecule has 0 aromatic heterocycles. The fourth-order valence-corrected chi connectivity index (χ4v) is 2.41. The Morgan fingerprint density at radius 1 is 1.20 bits per heavy atom. The Morgan fingerprint density at radius 2 is 1.90 bits per heavy atom. The highest BCUT2D eigenvalue weighted by molar-refractivity contribution is 14.1. The molecule has 0 aliphatic carbocycles. The maximum absolute atomic E-state index is 12.2. The molecule has 2 rings (SSSR count). The van der Waals surface area contributed by atoms with Crippen LogP contribution in [0.5, 0.6) is 0 Å². The van der Waals surface area contributed by atoms with E-state index in [1.807, 2.05) is 12.1 Å². The van der Waals surface area contributed by atoms with Crippen LogP contribution in [-0.4, -0.2) is 10.8 Å². The monoisotopic (exact) mass is 402 g/mol. The number of nitro groups is 1. The average molecular weight is 403 g/mol. The minimum absolute atomic E-state index is 0.0441. The third-order valence-corrected chi connectivity index (χ3v) is 3.79. The number of benzene rings is 2. The lowest BCUT2D eigenvalue weighted by Gasteiger charge is -2.08. The Kier molecular flexibility index (Phi) is 4.56. The Bertz CT molecular complexity index is 691. The number of carbonyl (C=O) groups is 1. The number of hydrogen-bond donors (Lipinski definition) is 1. The Hall–Kier alpha value is -1.67. The van der Waals surface area contributed by atoms with E-state index in [1.165, 1.54) is 18.2 Å². The van der Waals surface area contributed by atoms with Crippen molar-refractivity contribution in [2.45, 2.75) is 0 Å². The maximum Gasteiger partial charge on any atom is 0.283 e. The van der Waals surface area contributed by atoms with Crippen molar-refractivity contribution in [1.82, 2.24) is 0 Å². The summed E-state index contributed by atoms with van der Waals surface area (Å²) < 4.78 is 0.827. The lowest BCUT2D eigenvalue weighted by atomic mass is 10.1. The van der Waals surface area contributed by atoms with Crippen molar-refractivity contribution in [3.63, 3.8) is 0 Å². The molecule has 0 saturated heterocycles. The minimum atomic E-state index is -0.628. The first kappa shape index (κ1) is 14.7. The molecule has 0 unspecified atom stereocenters. The van der Waals surface area contributed by atoms with Crippen LogP contribution in [0.15, 0.2) is 42.5 Å². The Morgan fingerprint density at radius 3 is 2.55 bits per heavy atom. The number of amides is 1. The second-order valence-electron chi connectivity index (χ2n) is 3.83. The summed E-state index contributed by atoms with van der Waals surface area (Å²) in [5.74, 6) is -0.605. The highest BCUT2D eigenvalue weighted by Crippen LogP contribution is 2.27. The van der Waals surface area contributed by atoms with Gasteiger partial charge in [0.1, 0.15) is 5.56 Å². The van der Waals surface area contributed by atoms with Crippen LogP contribution in [0.25, 0.3) is 0 Å². The molecule has 102 valence electrons. The number of anilines is 1. The molecule has 2 aromatic rings. The zero-order valence-electron chi connectivity index (χ0n) is 9.97. The number of halogens is 2. The van der Waals surface area contributed by atoms with Gasteiger partial charge in [0.25, 0.3) is 11.6 Å². The fraction of sp³-hybridized carbons (Fsp3) is 0. The van der Waals surface area contributed by atoms with Crippen molar-refractivity contribution in [1.29, 1.82) is 0 Å². The number of carbonyl (C=O) groups excluding carboxylic acids is 1. The van der Waals surface area contributed by atoms with Crippen LogP contribution >= 0.6 is 34.2 Å². The van der Waals surface area contributed by atoms with E-state index in [-0.39, 0.29) is 16.3 Å². The highest BCUT2D eigenvalue weighted by Gasteiger charge is 2.23. The number of nitro benzene ring substituents is 1. The second kappa shape index (κ2) is 6.19. The summed E-state index contributed by atoms with van der Waals surface area (Å²) in [6.45, 7) is 0. The van der Waals surface area contributed by atoms with Crippen molar-refractivity contribution < 1.29 is 9.72 Å². The first-order valence-electron chi connectivity index (χ1n) is 5.49. The molecule has 1 N–H and O–H groups in total. The smallest absolute Gasteiger partial charge is 0.283 e. The lowest BCUT2D eigenvalue weighted by Crippen LogP contribution is -2.15. The average Bonchev–Trinajstić information content (AvgIpc) is 2.40. The molecule has 0 atom stereocenters. The van der Waals surface area contributed by atoms with Gasteiger partial charge in [-0.3, -0.25) is 14.9 Å². The predicted molar refractivity (Wildman–Crippen MR) is 85.2 cm³/mol. The molecule has 0 aliphatic heterocycles. The van der Waals surface area contributed by atoms with Crippen LogP contribution in [0.3, 0.4) is 0 Å². The van der Waals surface area contributed by atoms with Crippen molar-refractivity contribution in [2.24, 2.45) is 0 Å². The van der Waals surface area contributed by atoms with Crippen molar-refractivity contribution >= 4 is 51.5 Å². The van der Waals surface area contributed by atoms with Crippen LogP contribution in [0.4, 0.5) is 11.4 Å². The molecular weight excluding hydrogens is 395 g/mol. The molecule has 20 heavy (non-hydrogen) atoms. The molecule has 0 fully saturated rings. The van der Waals surface area contributed by atoms with E-state index >= 15 is 0 Å². The van der Waals surface area contributed by atoms with Gasteiger partial charge in [0, 0.05) is 9.64 Å². The molecule has 1 amide bonds. The first-order chi connectivity index (χ1) is 9.50. The van der Waals surface area contributed by atoms with Gasteiger partial charge < -0.3 is 5.32 Å². The molecule has 0 heterocycles. The highest BCUT2D eigenvalue weighted by atomic mass is 127. The van der Waals surface area contributed by atoms with Gasteiger partial charge in [0.05, 0.1) is 15.6 Å². The van der Waals surface area contributed by atoms with E-state index in [0.29, 0.717) is 5.69 Å². The molecule has 7 heteroatoms. The quantitative estimate of drug-likeness (QED) is 0.477. The Labute approximate surface area is 133 Å². The second-order valence-corrected chi connectivity index (χ2v) is 5.39. The van der Waals surface area contributed by atoms with Crippen molar-refractivity contribution in [3.8, 4) is 0 Å². The van der Waals surface area contributed by atoms with E-state index in [0.717, 1.165) is 3.57 Å². The SMILES string of the molecule is O=C(Nc1ccccc1I)c1c(Cl)cccc1[N+](=O)[O-]. The number of rotatable bonds is 3. The van der Waals surface area contributed by atoms with Gasteiger partial charge in [0.2, 0.25) is 0 Å². The van der Waals surface area contributed by atoms with Crippen LogP contribution in [0.1, 0.15) is 10.4 Å². The number of nitrogens with zero attached hydrogens (tertiary/aromatic N) is 1. The lowest BCUT2D eigenvalue weighted by molar-refractivity contribution is -0.385. The van der Waals surface area contributed by atoms with Gasteiger partial charge in [-0.05, 0) is 40.8 Å². The Balaban J connectivity index is 2.40. The standard InChI is InChI=1S/C13H8ClIN2O3/c14-8-4-3-7-11(17(19)20)12(8)13(18)16-10-6-2-1-5-9(10)15/h1-7H,(H,16,18). The number of hydrogen-bond acceptors (Lipinski definition) is 3. The summed E-state index contributed by atoms with van der Waals surface area (Å²) in [6, 6.07) is 11.2. The molecule has 5 nitrogen and oxygen atoms in total. The first-order valence-corrected chi connectivity index (χ1v) is 6.95. The van der Waals surface area contributed by atoms with Crippen LogP contribution in [-0.2, 0) is 0 Å². The molecule has 0 spiro atoms. The largest absolute Gasteiger partial charge is 0.321 e. The van der Waals surface area contributed by atoms with Gasteiger partial charge in [-0.25, -0.2) is 0 Å². The van der Waals surface area contributed by atoms with Gasteiger partial charge in [-0.1, -0.05) is 29.8 Å². The molecule has 0 aliphatic rings. The van der Waals surface area contributed by atoms with Gasteiger partial charge >= 0.3 is 0 Å². The molecule has 0 radical (unpaired) electrons. The topological polar surface area (TPSA) is 72.2 Å². The normalized spacial score (nSPS) is 10.1. The maximum atomic E-state index is 12.2. The molecule has 0 bridgehead atoms. The summed E-state index contributed by atoms with van der Waals surface area (Å²) in [5.41, 5.74) is 0.118. The van der Waals surface area contributed by atoms with E-state index < -0.39 is 10.8 Å². The van der Waals surface area contributed by atoms with Gasteiger partial charge in [0.15, 0.2) is 0 Å². The van der Waals surface area contributed by atoms with Crippen LogP contribution in [0.2, 0.25) is 5.02 Å². The summed E-state index contributed by atoms with van der Waals surface area (Å²) >= 11 is 7.97. The van der Waals surface area contributed by atoms with Gasteiger partial charge in [-0.15, -0.1) is 0 Å². The van der Waals surface area contributed by atoms with Crippen molar-refractivity contribution in [3.05, 3.63) is 66.7 Å². The zero-order chi connectivity index (χ0) is 14.7. The number of para-hydroxylation sites is 1. The van der Waals surface area contributed by atoms with Crippen molar-refractivity contribution in [2.75, 3.05) is 5.32 Å². The molecule has 0 saturated carbocycles. The van der Waals surface area contributed by atoms with Crippen LogP contribution < -0.4 is 5.32 Å². The van der Waals surface area contributed by atoms with E-state index in [2.05, 4.69) is 27.9 Å². The number of nitrogens with one attached hydrogen (secondary N) is 1. The third kappa shape index (κ3) is 3.07. The van der Waals surface area contributed by atoms with E-state index in [1.54, 1.807) is 12.1 Å².